The van der Waals surface area contributed by atoms with Gasteiger partial charge in [0.1, 0.15) is 17.7 Å². The molecule has 0 aliphatic rings. The molecule has 9 heteroatoms. The summed E-state index contributed by atoms with van der Waals surface area (Å²) < 4.78 is 6.27. The van der Waals surface area contributed by atoms with Crippen molar-refractivity contribution in [1.82, 2.24) is 9.55 Å². The van der Waals surface area contributed by atoms with Crippen molar-refractivity contribution in [1.29, 1.82) is 0 Å². The molecule has 0 spiro atoms. The van der Waals surface area contributed by atoms with Crippen LogP contribution in [0.1, 0.15) is 16.1 Å². The van der Waals surface area contributed by atoms with Crippen LogP contribution >= 0.6 is 0 Å². The number of aryl methyl sites for hydroxylation is 1. The topological polar surface area (TPSA) is 112 Å². The van der Waals surface area contributed by atoms with E-state index in [0.717, 1.165) is 6.20 Å². The average Bonchev–Trinajstić information content (AvgIpc) is 2.88. The fraction of sp³-hybridized carbons (Fsp3) is 0.154. The van der Waals surface area contributed by atoms with Gasteiger partial charge in [0.15, 0.2) is 0 Å². The minimum absolute atomic E-state index is 0.0969. The molecule has 2 heterocycles. The molecule has 1 N–H and O–H groups in total. The highest BCUT2D eigenvalue weighted by Gasteiger charge is 2.10. The summed E-state index contributed by atoms with van der Waals surface area (Å²) in [4.78, 5) is 25.3. The van der Waals surface area contributed by atoms with Crippen molar-refractivity contribution >= 4 is 23.7 Å². The maximum Gasteiger partial charge on any atom is 0.354 e. The molecule has 22 heavy (non-hydrogen) atoms. The van der Waals surface area contributed by atoms with E-state index in [1.165, 1.54) is 25.5 Å². The van der Waals surface area contributed by atoms with Crippen molar-refractivity contribution in [3.63, 3.8) is 0 Å². The van der Waals surface area contributed by atoms with Crippen molar-refractivity contribution in [3.8, 4) is 0 Å². The molecule has 2 rings (SSSR count). The van der Waals surface area contributed by atoms with Crippen LogP contribution in [0, 0.1) is 10.1 Å². The summed E-state index contributed by atoms with van der Waals surface area (Å²) in [6.07, 6.45) is 4.34. The van der Waals surface area contributed by atoms with Crippen LogP contribution < -0.4 is 5.43 Å². The van der Waals surface area contributed by atoms with Crippen molar-refractivity contribution in [2.24, 2.45) is 12.1 Å². The smallest absolute Gasteiger partial charge is 0.354 e. The predicted molar refractivity (Wildman–Crippen MR) is 78.9 cm³/mol. The molecule has 0 fully saturated rings. The molecule has 0 amide bonds. The van der Waals surface area contributed by atoms with Crippen LogP contribution in [0.25, 0.3) is 0 Å². The highest BCUT2D eigenvalue weighted by molar-refractivity contribution is 5.91. The third-order valence-corrected chi connectivity index (χ3v) is 2.77. The van der Waals surface area contributed by atoms with Gasteiger partial charge in [-0.05, 0) is 12.1 Å². The molecule has 0 unspecified atom stereocenters. The SMILES string of the molecule is COC(=O)c1cc(/C=N/Nc2ccc([N+](=O)[O-])cn2)cn1C. The van der Waals surface area contributed by atoms with Crippen LogP contribution in [-0.4, -0.2) is 33.8 Å². The second-order valence-electron chi connectivity index (χ2n) is 4.29. The normalized spacial score (nSPS) is 10.6. The summed E-state index contributed by atoms with van der Waals surface area (Å²) in [5.74, 6) is -0.0712. The fourth-order valence-electron chi connectivity index (χ4n) is 1.70. The number of nitro groups is 1. The standard InChI is InChI=1S/C13H13N5O4/c1-17-8-9(5-11(17)13(19)22-2)6-15-16-12-4-3-10(7-14-12)18(20)21/h3-8H,1-2H3,(H,14,16)/b15-6+. The lowest BCUT2D eigenvalue weighted by Gasteiger charge is -1.98. The van der Waals surface area contributed by atoms with Crippen molar-refractivity contribution in [2.75, 3.05) is 12.5 Å². The molecular formula is C13H13N5O4. The highest BCUT2D eigenvalue weighted by atomic mass is 16.6. The number of nitrogens with zero attached hydrogens (tertiary/aromatic N) is 4. The Morgan fingerprint density at radius 1 is 1.55 bits per heavy atom. The van der Waals surface area contributed by atoms with Gasteiger partial charge >= 0.3 is 5.97 Å². The number of carbonyl (C=O) groups excluding carboxylic acids is 1. The van der Waals surface area contributed by atoms with E-state index in [0.29, 0.717) is 17.1 Å². The molecule has 0 saturated heterocycles. The van der Waals surface area contributed by atoms with Gasteiger partial charge in [-0.1, -0.05) is 0 Å². The largest absolute Gasteiger partial charge is 0.464 e. The second kappa shape index (κ2) is 6.48. The Morgan fingerprint density at radius 2 is 2.32 bits per heavy atom. The monoisotopic (exact) mass is 303 g/mol. The van der Waals surface area contributed by atoms with Crippen LogP contribution in [-0.2, 0) is 11.8 Å². The number of rotatable bonds is 5. The number of hydrogen-bond acceptors (Lipinski definition) is 7. The van der Waals surface area contributed by atoms with E-state index in [2.05, 4.69) is 20.2 Å². The Hall–Kier alpha value is -3.23. The van der Waals surface area contributed by atoms with Crippen LogP contribution in [0.15, 0.2) is 35.7 Å². The number of nitrogens with one attached hydrogen (secondary N) is 1. The summed E-state index contributed by atoms with van der Waals surface area (Å²) in [6, 6.07) is 4.39. The van der Waals surface area contributed by atoms with E-state index < -0.39 is 10.9 Å². The fourth-order valence-corrected chi connectivity index (χ4v) is 1.70. The van der Waals surface area contributed by atoms with E-state index in [9.17, 15) is 14.9 Å². The number of esters is 1. The van der Waals surface area contributed by atoms with Crippen LogP contribution in [0.4, 0.5) is 11.5 Å². The van der Waals surface area contributed by atoms with Crippen LogP contribution in [0.3, 0.4) is 0 Å². The molecule has 9 nitrogen and oxygen atoms in total. The molecule has 0 atom stereocenters. The van der Waals surface area contributed by atoms with E-state index in [4.69, 9.17) is 0 Å². The molecule has 0 aliphatic carbocycles. The summed E-state index contributed by atoms with van der Waals surface area (Å²) in [5.41, 5.74) is 3.64. The molecule has 2 aromatic heterocycles. The molecule has 0 saturated carbocycles. The number of aromatic nitrogens is 2. The summed E-state index contributed by atoms with van der Waals surface area (Å²) in [6.45, 7) is 0. The van der Waals surface area contributed by atoms with E-state index in [-0.39, 0.29) is 5.69 Å². The van der Waals surface area contributed by atoms with Crippen molar-refractivity contribution < 1.29 is 14.5 Å². The van der Waals surface area contributed by atoms with Crippen molar-refractivity contribution in [3.05, 3.63) is 52.0 Å². The average molecular weight is 303 g/mol. The number of hydrazone groups is 1. The molecule has 114 valence electrons. The maximum absolute atomic E-state index is 11.5. The molecule has 0 aromatic carbocycles. The maximum atomic E-state index is 11.5. The van der Waals surface area contributed by atoms with Gasteiger partial charge in [0, 0.05) is 24.9 Å². The van der Waals surface area contributed by atoms with Crippen LogP contribution in [0.2, 0.25) is 0 Å². The molecule has 0 radical (unpaired) electrons. The Labute approximate surface area is 125 Å². The first kappa shape index (κ1) is 15.2. The highest BCUT2D eigenvalue weighted by Crippen LogP contribution is 2.12. The van der Waals surface area contributed by atoms with Gasteiger partial charge in [0.05, 0.1) is 18.2 Å². The van der Waals surface area contributed by atoms with E-state index >= 15 is 0 Å². The number of methoxy groups -OCH3 is 1. The van der Waals surface area contributed by atoms with Crippen LogP contribution in [0.5, 0.6) is 0 Å². The van der Waals surface area contributed by atoms with Crippen molar-refractivity contribution in [2.45, 2.75) is 0 Å². The number of pyridine rings is 1. The zero-order valence-electron chi connectivity index (χ0n) is 11.9. The number of hydrogen-bond donors (Lipinski definition) is 1. The minimum atomic E-state index is -0.529. The lowest BCUT2D eigenvalue weighted by molar-refractivity contribution is -0.385. The third kappa shape index (κ3) is 3.45. The molecule has 2 aromatic rings. The van der Waals surface area contributed by atoms with Gasteiger partial charge in [0.25, 0.3) is 5.69 Å². The zero-order chi connectivity index (χ0) is 16.1. The van der Waals surface area contributed by atoms with Gasteiger partial charge in [-0.2, -0.15) is 5.10 Å². The summed E-state index contributed by atoms with van der Waals surface area (Å²) in [5, 5.41) is 14.5. The minimum Gasteiger partial charge on any atom is -0.464 e. The van der Waals surface area contributed by atoms with E-state index in [1.54, 1.807) is 23.9 Å². The summed E-state index contributed by atoms with van der Waals surface area (Å²) in [7, 11) is 3.03. The van der Waals surface area contributed by atoms with Gasteiger partial charge in [0.2, 0.25) is 0 Å². The molecule has 0 aliphatic heterocycles. The molecule has 0 bridgehead atoms. The van der Waals surface area contributed by atoms with E-state index in [1.807, 2.05) is 0 Å². The Morgan fingerprint density at radius 3 is 2.91 bits per heavy atom. The first-order valence-corrected chi connectivity index (χ1v) is 6.15. The first-order chi connectivity index (χ1) is 10.5. The number of carbonyl (C=O) groups is 1. The van der Waals surface area contributed by atoms with Gasteiger partial charge in [-0.3, -0.25) is 15.5 Å². The zero-order valence-corrected chi connectivity index (χ0v) is 11.9. The number of anilines is 1. The lowest BCUT2D eigenvalue weighted by atomic mass is 10.3. The molecular weight excluding hydrogens is 290 g/mol. The second-order valence-corrected chi connectivity index (χ2v) is 4.29. The quantitative estimate of drug-likeness (QED) is 0.388. The Bertz CT molecular complexity index is 721. The third-order valence-electron chi connectivity index (χ3n) is 2.77. The Balaban J connectivity index is 2.03. The first-order valence-electron chi connectivity index (χ1n) is 6.15. The van der Waals surface area contributed by atoms with Gasteiger partial charge in [-0.15, -0.1) is 0 Å². The van der Waals surface area contributed by atoms with Gasteiger partial charge in [-0.25, -0.2) is 9.78 Å². The van der Waals surface area contributed by atoms with Gasteiger partial charge < -0.3 is 9.30 Å². The lowest BCUT2D eigenvalue weighted by Crippen LogP contribution is -2.06. The number of ether oxygens (including phenoxy) is 1. The summed E-state index contributed by atoms with van der Waals surface area (Å²) >= 11 is 0. The predicted octanol–water partition coefficient (Wildman–Crippen LogP) is 1.56. The Kier molecular flexibility index (Phi) is 4.47.